The number of aliphatic imine (C=N–C) groups is 1. The van der Waals surface area contributed by atoms with E-state index < -0.39 is 0 Å². The molecule has 0 radical (unpaired) electrons. The molecule has 0 saturated heterocycles. The average molecular weight is 793 g/mol. The Morgan fingerprint density at radius 2 is 0.758 bits per heavy atom. The molecule has 9 aromatic carbocycles. The number of benzene rings is 9. The lowest BCUT2D eigenvalue weighted by Gasteiger charge is -2.26. The van der Waals surface area contributed by atoms with E-state index in [2.05, 4.69) is 245 Å². The molecule has 292 valence electrons. The van der Waals surface area contributed by atoms with E-state index in [9.17, 15) is 0 Å². The summed E-state index contributed by atoms with van der Waals surface area (Å²) in [4.78, 5) is 5.56. The van der Waals surface area contributed by atoms with E-state index in [1.54, 1.807) is 0 Å². The van der Waals surface area contributed by atoms with Crippen molar-refractivity contribution in [2.24, 2.45) is 4.99 Å². The van der Waals surface area contributed by atoms with E-state index >= 15 is 0 Å². The fourth-order valence-corrected chi connectivity index (χ4v) is 9.45. The van der Waals surface area contributed by atoms with Gasteiger partial charge < -0.3 is 14.5 Å². The van der Waals surface area contributed by atoms with Crippen molar-refractivity contribution in [3.8, 4) is 33.6 Å². The molecule has 4 heteroatoms. The summed E-state index contributed by atoms with van der Waals surface area (Å²) in [7, 11) is 0. The van der Waals surface area contributed by atoms with Gasteiger partial charge in [0.15, 0.2) is 0 Å². The third-order valence-electron chi connectivity index (χ3n) is 12.3. The molecule has 0 aliphatic carbocycles. The first-order valence-electron chi connectivity index (χ1n) is 21.2. The Bertz CT molecular complexity index is 3310. The predicted octanol–water partition coefficient (Wildman–Crippen LogP) is 14.3. The monoisotopic (exact) mass is 792 g/mol. The first kappa shape index (κ1) is 35.7. The number of para-hydroxylation sites is 4. The summed E-state index contributed by atoms with van der Waals surface area (Å²) >= 11 is 0. The number of nitrogens with one attached hydrogen (secondary N) is 1. The lowest BCUT2D eigenvalue weighted by atomic mass is 9.96. The standard InChI is InChI=1S/C58H40N4/c1-3-17-39(18-4-1)41-21-15-23-43(33-41)52-38-53(60-58(59-52)44-24-16-22-42(34-44)40-19-5-2-6-20-40)45-35-46(61-54-29-11-7-25-48(54)49-26-8-12-30-55(49)61)37-47(36-45)62-56-31-13-9-27-50(56)51-28-10-14-32-57(51)62/h1-38,52H,(H,59,60). The van der Waals surface area contributed by atoms with Gasteiger partial charge in [0.1, 0.15) is 5.84 Å². The van der Waals surface area contributed by atoms with E-state index in [1.807, 2.05) is 0 Å². The Morgan fingerprint density at radius 3 is 1.27 bits per heavy atom. The summed E-state index contributed by atoms with van der Waals surface area (Å²) in [6, 6.07) is 80.6. The Kier molecular flexibility index (Phi) is 8.53. The lowest BCUT2D eigenvalue weighted by Crippen LogP contribution is -2.31. The number of amidine groups is 1. The van der Waals surface area contributed by atoms with Crippen LogP contribution in [0.4, 0.5) is 0 Å². The Balaban J connectivity index is 1.11. The highest BCUT2D eigenvalue weighted by molar-refractivity contribution is 6.11. The number of hydrogen-bond donors (Lipinski definition) is 1. The second kappa shape index (κ2) is 14.8. The molecule has 0 bridgehead atoms. The van der Waals surface area contributed by atoms with E-state index in [0.29, 0.717) is 0 Å². The van der Waals surface area contributed by atoms with Crippen LogP contribution >= 0.6 is 0 Å². The quantitative estimate of drug-likeness (QED) is 0.171. The molecule has 0 amide bonds. The van der Waals surface area contributed by atoms with Gasteiger partial charge in [0.25, 0.3) is 0 Å². The summed E-state index contributed by atoms with van der Waals surface area (Å²) in [5, 5.41) is 8.79. The minimum absolute atomic E-state index is 0.157. The normalized spacial score (nSPS) is 14.0. The van der Waals surface area contributed by atoms with E-state index in [4.69, 9.17) is 4.99 Å². The van der Waals surface area contributed by atoms with Gasteiger partial charge in [-0.3, -0.25) is 0 Å². The summed E-state index contributed by atoms with van der Waals surface area (Å²) in [5.41, 5.74) is 15.6. The maximum Gasteiger partial charge on any atom is 0.134 e. The first-order valence-corrected chi connectivity index (χ1v) is 21.2. The summed E-state index contributed by atoms with van der Waals surface area (Å²) < 4.78 is 4.84. The highest BCUT2D eigenvalue weighted by Crippen LogP contribution is 2.39. The van der Waals surface area contributed by atoms with Crippen LogP contribution in [-0.4, -0.2) is 15.0 Å². The molecule has 0 saturated carbocycles. The van der Waals surface area contributed by atoms with Crippen molar-refractivity contribution in [2.75, 3.05) is 0 Å². The molecular formula is C58H40N4. The van der Waals surface area contributed by atoms with Crippen LogP contribution in [0.5, 0.6) is 0 Å². The van der Waals surface area contributed by atoms with Crippen LogP contribution in [0.3, 0.4) is 0 Å². The highest BCUT2D eigenvalue weighted by atomic mass is 15.1. The van der Waals surface area contributed by atoms with Gasteiger partial charge in [-0.1, -0.05) is 170 Å². The van der Waals surface area contributed by atoms with Gasteiger partial charge in [-0.05, 0) is 88.5 Å². The van der Waals surface area contributed by atoms with Crippen LogP contribution < -0.4 is 5.32 Å². The SMILES string of the molecule is C1=C(c2cc(-n3c4ccccc4c4ccccc43)cc(-n3c4ccccc4c4ccccc43)c2)N=C(c2cccc(-c3ccccc3)c2)NC1c1cccc(-c2ccccc2)c1. The molecule has 11 aromatic rings. The number of nitrogens with zero attached hydrogens (tertiary/aromatic N) is 3. The predicted molar refractivity (Wildman–Crippen MR) is 259 cm³/mol. The molecule has 1 N–H and O–H groups in total. The van der Waals surface area contributed by atoms with Crippen LogP contribution in [0, 0.1) is 0 Å². The Morgan fingerprint density at radius 1 is 0.339 bits per heavy atom. The number of aromatic nitrogens is 2. The average Bonchev–Trinajstić information content (AvgIpc) is 3.88. The van der Waals surface area contributed by atoms with Crippen LogP contribution in [0.1, 0.15) is 22.7 Å². The summed E-state index contributed by atoms with van der Waals surface area (Å²) in [5.74, 6) is 0.830. The number of fused-ring (bicyclic) bond motifs is 6. The topological polar surface area (TPSA) is 34.2 Å². The van der Waals surface area contributed by atoms with E-state index in [1.165, 1.54) is 38.2 Å². The van der Waals surface area contributed by atoms with Crippen molar-refractivity contribution in [1.29, 1.82) is 0 Å². The van der Waals surface area contributed by atoms with E-state index in [0.717, 1.165) is 67.2 Å². The molecule has 0 spiro atoms. The molecule has 1 unspecified atom stereocenters. The fourth-order valence-electron chi connectivity index (χ4n) is 9.45. The van der Waals surface area contributed by atoms with Gasteiger partial charge in [0.2, 0.25) is 0 Å². The second-order valence-corrected chi connectivity index (χ2v) is 16.1. The number of hydrogen-bond acceptors (Lipinski definition) is 2. The summed E-state index contributed by atoms with van der Waals surface area (Å²) in [6.45, 7) is 0. The maximum absolute atomic E-state index is 5.56. The van der Waals surface area contributed by atoms with Gasteiger partial charge in [0.05, 0.1) is 33.8 Å². The minimum Gasteiger partial charge on any atom is -0.359 e. The summed E-state index contributed by atoms with van der Waals surface area (Å²) in [6.07, 6.45) is 2.30. The zero-order valence-electron chi connectivity index (χ0n) is 33.9. The van der Waals surface area contributed by atoms with Crippen LogP contribution in [0.15, 0.2) is 236 Å². The minimum atomic E-state index is -0.157. The first-order chi connectivity index (χ1) is 30.7. The molecule has 4 nitrogen and oxygen atoms in total. The maximum atomic E-state index is 5.56. The van der Waals surface area contributed by atoms with Gasteiger partial charge in [0, 0.05) is 44.0 Å². The molecule has 1 aliphatic heterocycles. The zero-order chi connectivity index (χ0) is 41.0. The van der Waals surface area contributed by atoms with Crippen molar-refractivity contribution in [3.63, 3.8) is 0 Å². The molecule has 3 heterocycles. The Hall–Kier alpha value is -8.21. The molecule has 0 fully saturated rings. The van der Waals surface area contributed by atoms with Crippen molar-refractivity contribution in [3.05, 3.63) is 247 Å². The lowest BCUT2D eigenvalue weighted by molar-refractivity contribution is 0.781. The molecule has 12 rings (SSSR count). The second-order valence-electron chi connectivity index (χ2n) is 16.1. The third-order valence-corrected chi connectivity index (χ3v) is 12.3. The molecular weight excluding hydrogens is 753 g/mol. The van der Waals surface area contributed by atoms with Crippen LogP contribution in [0.25, 0.3) is 82.9 Å². The third kappa shape index (κ3) is 6.12. The van der Waals surface area contributed by atoms with Crippen molar-refractivity contribution in [2.45, 2.75) is 6.04 Å². The van der Waals surface area contributed by atoms with Crippen LogP contribution in [-0.2, 0) is 0 Å². The van der Waals surface area contributed by atoms with Crippen molar-refractivity contribution >= 4 is 55.1 Å². The van der Waals surface area contributed by atoms with Gasteiger partial charge in [-0.15, -0.1) is 0 Å². The fraction of sp³-hybridized carbons (Fsp3) is 0.0172. The van der Waals surface area contributed by atoms with Crippen molar-refractivity contribution < 1.29 is 0 Å². The smallest absolute Gasteiger partial charge is 0.134 e. The Labute approximate surface area is 360 Å². The van der Waals surface area contributed by atoms with Crippen LogP contribution in [0.2, 0.25) is 0 Å². The molecule has 1 aliphatic rings. The molecule has 2 aromatic heterocycles. The molecule has 62 heavy (non-hydrogen) atoms. The van der Waals surface area contributed by atoms with Crippen molar-refractivity contribution in [1.82, 2.24) is 14.5 Å². The molecule has 1 atom stereocenters. The van der Waals surface area contributed by atoms with Gasteiger partial charge in [-0.2, -0.15) is 0 Å². The van der Waals surface area contributed by atoms with Gasteiger partial charge >= 0.3 is 0 Å². The largest absolute Gasteiger partial charge is 0.359 e. The zero-order valence-corrected chi connectivity index (χ0v) is 33.9. The van der Waals surface area contributed by atoms with E-state index in [-0.39, 0.29) is 6.04 Å². The van der Waals surface area contributed by atoms with Gasteiger partial charge in [-0.25, -0.2) is 4.99 Å². The highest BCUT2D eigenvalue weighted by Gasteiger charge is 2.23. The number of rotatable bonds is 7.